The van der Waals surface area contributed by atoms with Crippen LogP contribution in [0.2, 0.25) is 0 Å². The van der Waals surface area contributed by atoms with Gasteiger partial charge in [0, 0.05) is 13.0 Å². The molecule has 2 nitrogen and oxygen atoms in total. The molecular weight excluding hydrogens is 332 g/mol. The van der Waals surface area contributed by atoms with Gasteiger partial charge in [0.25, 0.3) is 0 Å². The third kappa shape index (κ3) is 17.1. The molecule has 1 rings (SSSR count). The van der Waals surface area contributed by atoms with Crippen molar-refractivity contribution in [2.45, 2.75) is 122 Å². The highest BCUT2D eigenvalue weighted by Gasteiger charge is 2.12. The summed E-state index contributed by atoms with van der Waals surface area (Å²) in [5.41, 5.74) is 0. The predicted octanol–water partition coefficient (Wildman–Crippen LogP) is 7.57. The average Bonchev–Trinajstić information content (AvgIpc) is 2.70. The van der Waals surface area contributed by atoms with Crippen molar-refractivity contribution in [2.75, 3.05) is 13.2 Å². The van der Waals surface area contributed by atoms with Gasteiger partial charge in [0.15, 0.2) is 6.29 Å². The van der Waals surface area contributed by atoms with Gasteiger partial charge < -0.3 is 9.47 Å². The van der Waals surface area contributed by atoms with Crippen LogP contribution in [-0.2, 0) is 9.47 Å². The highest BCUT2D eigenvalue weighted by Crippen LogP contribution is 2.13. The third-order valence-corrected chi connectivity index (χ3v) is 5.17. The minimum absolute atomic E-state index is 0.00524. The Hall–Kier alpha value is -0.780. The van der Waals surface area contributed by atoms with E-state index in [4.69, 9.17) is 9.47 Å². The molecule has 1 aliphatic rings. The van der Waals surface area contributed by atoms with Gasteiger partial charge in [-0.25, -0.2) is 0 Å². The van der Waals surface area contributed by atoms with Crippen molar-refractivity contribution in [3.63, 3.8) is 0 Å². The first-order valence-electron chi connectivity index (χ1n) is 11.8. The standard InChI is InChI=1S/C25H44O2/c1-2-3-4-5-6-7-8-9-10-11-12-13-14-15-16-17-18-20-23-26-25-22-19-21-24-27-25/h7-8,25H,2-6,9-17,19,21-24H2,1H3/b8-7-. The second kappa shape index (κ2) is 20.0. The second-order valence-electron chi connectivity index (χ2n) is 7.79. The van der Waals surface area contributed by atoms with Crippen molar-refractivity contribution in [1.82, 2.24) is 0 Å². The summed E-state index contributed by atoms with van der Waals surface area (Å²) in [5.74, 6) is 6.36. The lowest BCUT2D eigenvalue weighted by molar-refractivity contribution is -0.154. The summed E-state index contributed by atoms with van der Waals surface area (Å²) in [6.07, 6.45) is 26.7. The lowest BCUT2D eigenvalue weighted by Crippen LogP contribution is -2.22. The Morgan fingerprint density at radius 1 is 0.815 bits per heavy atom. The Morgan fingerprint density at radius 3 is 2.15 bits per heavy atom. The van der Waals surface area contributed by atoms with Crippen LogP contribution in [0.5, 0.6) is 0 Å². The Balaban J connectivity index is 1.74. The van der Waals surface area contributed by atoms with Crippen LogP contribution in [0.15, 0.2) is 12.2 Å². The summed E-state index contributed by atoms with van der Waals surface area (Å²) in [6.45, 7) is 3.64. The van der Waals surface area contributed by atoms with Gasteiger partial charge >= 0.3 is 0 Å². The molecule has 0 radical (unpaired) electrons. The number of ether oxygens (including phenoxy) is 2. The molecule has 1 heterocycles. The minimum Gasteiger partial charge on any atom is -0.353 e. The van der Waals surface area contributed by atoms with Gasteiger partial charge in [0.2, 0.25) is 0 Å². The maximum Gasteiger partial charge on any atom is 0.158 e. The van der Waals surface area contributed by atoms with E-state index < -0.39 is 0 Å². The van der Waals surface area contributed by atoms with Crippen LogP contribution in [0.25, 0.3) is 0 Å². The van der Waals surface area contributed by atoms with Gasteiger partial charge in [-0.1, -0.05) is 76.4 Å². The highest BCUT2D eigenvalue weighted by atomic mass is 16.7. The molecule has 1 atom stereocenters. The van der Waals surface area contributed by atoms with E-state index in [1.54, 1.807) is 0 Å². The van der Waals surface area contributed by atoms with Crippen molar-refractivity contribution in [1.29, 1.82) is 0 Å². The molecule has 27 heavy (non-hydrogen) atoms. The monoisotopic (exact) mass is 376 g/mol. The van der Waals surface area contributed by atoms with E-state index in [0.29, 0.717) is 6.61 Å². The van der Waals surface area contributed by atoms with E-state index in [9.17, 15) is 0 Å². The predicted molar refractivity (Wildman–Crippen MR) is 117 cm³/mol. The van der Waals surface area contributed by atoms with E-state index in [0.717, 1.165) is 19.4 Å². The Kier molecular flexibility index (Phi) is 17.9. The molecule has 1 saturated heterocycles. The number of rotatable bonds is 16. The molecule has 156 valence electrons. The number of unbranched alkanes of at least 4 members (excludes halogenated alkanes) is 12. The third-order valence-electron chi connectivity index (χ3n) is 5.17. The lowest BCUT2D eigenvalue weighted by Gasteiger charge is -2.21. The first kappa shape index (κ1) is 24.3. The molecule has 0 amide bonds. The van der Waals surface area contributed by atoms with E-state index in [1.165, 1.54) is 96.3 Å². The van der Waals surface area contributed by atoms with Crippen LogP contribution in [0.1, 0.15) is 116 Å². The molecule has 0 aromatic carbocycles. The molecule has 0 aromatic heterocycles. The molecule has 0 saturated carbocycles. The van der Waals surface area contributed by atoms with Crippen LogP contribution in [0, 0.1) is 11.8 Å². The SMILES string of the molecule is CCCCCC/C=C\CCCCCCCCCC#CCOC1CCCCO1. The molecule has 0 aliphatic carbocycles. The zero-order valence-corrected chi connectivity index (χ0v) is 18.0. The van der Waals surface area contributed by atoms with E-state index in [2.05, 4.69) is 30.9 Å². The van der Waals surface area contributed by atoms with E-state index in [-0.39, 0.29) is 6.29 Å². The molecule has 0 spiro atoms. The van der Waals surface area contributed by atoms with Crippen molar-refractivity contribution >= 4 is 0 Å². The maximum atomic E-state index is 5.61. The van der Waals surface area contributed by atoms with Crippen LogP contribution < -0.4 is 0 Å². The number of hydrogen-bond donors (Lipinski definition) is 0. The van der Waals surface area contributed by atoms with Crippen molar-refractivity contribution in [2.24, 2.45) is 0 Å². The van der Waals surface area contributed by atoms with Crippen LogP contribution in [-0.4, -0.2) is 19.5 Å². The van der Waals surface area contributed by atoms with Gasteiger partial charge in [-0.3, -0.25) is 0 Å². The van der Waals surface area contributed by atoms with Gasteiger partial charge in [-0.05, 0) is 51.4 Å². The fourth-order valence-corrected chi connectivity index (χ4v) is 3.40. The lowest BCUT2D eigenvalue weighted by atomic mass is 10.1. The van der Waals surface area contributed by atoms with Gasteiger partial charge in [0.1, 0.15) is 6.61 Å². The molecule has 1 aliphatic heterocycles. The summed E-state index contributed by atoms with van der Waals surface area (Å²) < 4.78 is 11.1. The fraction of sp³-hybridized carbons (Fsp3) is 0.840. The van der Waals surface area contributed by atoms with Crippen LogP contribution in [0.3, 0.4) is 0 Å². The summed E-state index contributed by atoms with van der Waals surface area (Å²) >= 11 is 0. The van der Waals surface area contributed by atoms with Crippen molar-refractivity contribution in [3.05, 3.63) is 12.2 Å². The summed E-state index contributed by atoms with van der Waals surface area (Å²) in [4.78, 5) is 0. The molecule has 0 N–H and O–H groups in total. The number of hydrogen-bond acceptors (Lipinski definition) is 2. The largest absolute Gasteiger partial charge is 0.353 e. The maximum absolute atomic E-state index is 5.61. The Bertz CT molecular complexity index is 385. The Morgan fingerprint density at radius 2 is 1.48 bits per heavy atom. The van der Waals surface area contributed by atoms with Gasteiger partial charge in [0.05, 0.1) is 0 Å². The average molecular weight is 377 g/mol. The summed E-state index contributed by atoms with van der Waals surface area (Å²) in [5, 5.41) is 0. The van der Waals surface area contributed by atoms with Gasteiger partial charge in [-0.15, -0.1) is 5.92 Å². The molecular formula is C25H44O2. The van der Waals surface area contributed by atoms with Gasteiger partial charge in [-0.2, -0.15) is 0 Å². The van der Waals surface area contributed by atoms with Crippen molar-refractivity contribution in [3.8, 4) is 11.8 Å². The smallest absolute Gasteiger partial charge is 0.158 e. The van der Waals surface area contributed by atoms with Crippen LogP contribution >= 0.6 is 0 Å². The molecule has 1 unspecified atom stereocenters. The normalized spacial score (nSPS) is 17.1. The minimum atomic E-state index is -0.00524. The molecule has 0 aromatic rings. The second-order valence-corrected chi connectivity index (χ2v) is 7.79. The zero-order chi connectivity index (χ0) is 19.3. The topological polar surface area (TPSA) is 18.5 Å². The van der Waals surface area contributed by atoms with E-state index in [1.807, 2.05) is 0 Å². The van der Waals surface area contributed by atoms with Crippen LogP contribution in [0.4, 0.5) is 0 Å². The van der Waals surface area contributed by atoms with E-state index >= 15 is 0 Å². The quantitative estimate of drug-likeness (QED) is 0.157. The Labute approximate surface area is 169 Å². The first-order valence-corrected chi connectivity index (χ1v) is 11.8. The fourth-order valence-electron chi connectivity index (χ4n) is 3.40. The summed E-state index contributed by atoms with van der Waals surface area (Å²) in [7, 11) is 0. The summed E-state index contributed by atoms with van der Waals surface area (Å²) in [6, 6.07) is 0. The molecule has 2 heteroatoms. The number of allylic oxidation sites excluding steroid dienone is 2. The van der Waals surface area contributed by atoms with Crippen molar-refractivity contribution < 1.29 is 9.47 Å². The molecule has 0 bridgehead atoms. The molecule has 1 fully saturated rings. The first-order chi connectivity index (χ1) is 13.4. The highest BCUT2D eigenvalue weighted by molar-refractivity contribution is 4.98. The zero-order valence-electron chi connectivity index (χ0n) is 18.0.